The minimum atomic E-state index is -2.67. The Morgan fingerprint density at radius 1 is 1.25 bits per heavy atom. The largest absolute Gasteiger partial charge is 0.322 e. The van der Waals surface area contributed by atoms with Gasteiger partial charge in [-0.05, 0) is 25.8 Å². The average Bonchev–Trinajstić information content (AvgIpc) is 3.05. The van der Waals surface area contributed by atoms with Gasteiger partial charge in [0.15, 0.2) is 0 Å². The van der Waals surface area contributed by atoms with Crippen molar-refractivity contribution in [1.29, 1.82) is 0 Å². The lowest BCUT2D eigenvalue weighted by atomic mass is 10.3. The van der Waals surface area contributed by atoms with Gasteiger partial charge >= 0.3 is 0 Å². The SMILES string of the molecule is CCn1cc(Cn2cc(NC(=O)Cn3nc(C4CC4)cc3C(F)F)cn2)cn1. The van der Waals surface area contributed by atoms with E-state index in [4.69, 9.17) is 0 Å². The van der Waals surface area contributed by atoms with E-state index >= 15 is 0 Å². The lowest BCUT2D eigenvalue weighted by Crippen LogP contribution is -2.21. The van der Waals surface area contributed by atoms with Crippen molar-refractivity contribution < 1.29 is 13.6 Å². The molecule has 0 unspecified atom stereocenters. The number of rotatable bonds is 8. The highest BCUT2D eigenvalue weighted by atomic mass is 19.3. The number of alkyl halides is 2. The third-order valence-corrected chi connectivity index (χ3v) is 4.61. The van der Waals surface area contributed by atoms with Crippen LogP contribution in [0.25, 0.3) is 0 Å². The molecule has 4 rings (SSSR count). The lowest BCUT2D eigenvalue weighted by Gasteiger charge is -2.06. The molecule has 1 aliphatic carbocycles. The molecular weight excluding hydrogens is 368 g/mol. The van der Waals surface area contributed by atoms with Crippen molar-refractivity contribution in [3.8, 4) is 0 Å². The predicted octanol–water partition coefficient (Wildman–Crippen LogP) is 2.80. The maximum Gasteiger partial charge on any atom is 0.280 e. The zero-order chi connectivity index (χ0) is 19.7. The Hall–Kier alpha value is -3.04. The zero-order valence-electron chi connectivity index (χ0n) is 15.4. The number of carbonyl (C=O) groups excluding carboxylic acids is 1. The van der Waals surface area contributed by atoms with Crippen molar-refractivity contribution in [2.45, 2.75) is 51.7 Å². The van der Waals surface area contributed by atoms with E-state index in [1.165, 1.54) is 12.3 Å². The Bertz CT molecular complexity index is 970. The molecule has 3 aromatic heterocycles. The van der Waals surface area contributed by atoms with Crippen molar-refractivity contribution in [3.05, 3.63) is 47.8 Å². The highest BCUT2D eigenvalue weighted by Gasteiger charge is 2.29. The number of nitrogens with zero attached hydrogens (tertiary/aromatic N) is 6. The Morgan fingerprint density at radius 2 is 2.04 bits per heavy atom. The monoisotopic (exact) mass is 389 g/mol. The van der Waals surface area contributed by atoms with Gasteiger partial charge in [-0.2, -0.15) is 15.3 Å². The first kappa shape index (κ1) is 18.3. The van der Waals surface area contributed by atoms with Gasteiger partial charge in [-0.15, -0.1) is 0 Å². The molecule has 28 heavy (non-hydrogen) atoms. The third kappa shape index (κ3) is 4.10. The highest BCUT2D eigenvalue weighted by Crippen LogP contribution is 2.40. The molecule has 3 aromatic rings. The lowest BCUT2D eigenvalue weighted by molar-refractivity contribution is -0.117. The van der Waals surface area contributed by atoms with Gasteiger partial charge in [-0.1, -0.05) is 0 Å². The minimum Gasteiger partial charge on any atom is -0.322 e. The van der Waals surface area contributed by atoms with E-state index in [1.807, 2.05) is 17.8 Å². The van der Waals surface area contributed by atoms with Gasteiger partial charge in [0.2, 0.25) is 5.91 Å². The van der Waals surface area contributed by atoms with E-state index in [0.717, 1.165) is 29.6 Å². The van der Waals surface area contributed by atoms with Gasteiger partial charge in [0.1, 0.15) is 12.2 Å². The number of hydrogen-bond acceptors (Lipinski definition) is 4. The first-order valence-corrected chi connectivity index (χ1v) is 9.21. The number of hydrogen-bond donors (Lipinski definition) is 1. The van der Waals surface area contributed by atoms with Crippen LogP contribution in [0.3, 0.4) is 0 Å². The Labute approximate surface area is 160 Å². The summed E-state index contributed by atoms with van der Waals surface area (Å²) in [6.07, 6.45) is 6.17. The maximum atomic E-state index is 13.2. The fourth-order valence-electron chi connectivity index (χ4n) is 3.03. The van der Waals surface area contributed by atoms with Crippen molar-refractivity contribution in [2.75, 3.05) is 5.32 Å². The number of amides is 1. The third-order valence-electron chi connectivity index (χ3n) is 4.61. The molecule has 148 valence electrons. The maximum absolute atomic E-state index is 13.2. The summed E-state index contributed by atoms with van der Waals surface area (Å²) in [6.45, 7) is 3.05. The van der Waals surface area contributed by atoms with E-state index in [9.17, 15) is 13.6 Å². The van der Waals surface area contributed by atoms with Gasteiger partial charge in [0.05, 0.1) is 30.3 Å². The van der Waals surface area contributed by atoms with E-state index < -0.39 is 12.3 Å². The fourth-order valence-corrected chi connectivity index (χ4v) is 3.03. The van der Waals surface area contributed by atoms with Crippen LogP contribution in [0.1, 0.15) is 49.1 Å². The van der Waals surface area contributed by atoms with Crippen molar-refractivity contribution >= 4 is 11.6 Å². The molecule has 1 saturated carbocycles. The second-order valence-electron chi connectivity index (χ2n) is 6.91. The predicted molar refractivity (Wildman–Crippen MR) is 97.0 cm³/mol. The first-order chi connectivity index (χ1) is 13.5. The molecule has 0 atom stereocenters. The van der Waals surface area contributed by atoms with Gasteiger partial charge in [0.25, 0.3) is 6.43 Å². The standard InChI is InChI=1S/C18H21F2N7O/c1-2-25-8-12(6-21-25)9-26-10-14(7-22-26)23-17(28)11-27-16(18(19)20)5-15(24-27)13-3-4-13/h5-8,10,13,18H,2-4,9,11H2,1H3,(H,23,28). The molecule has 1 amide bonds. The van der Waals surface area contributed by atoms with E-state index in [1.54, 1.807) is 17.1 Å². The summed E-state index contributed by atoms with van der Waals surface area (Å²) < 4.78 is 31.0. The smallest absolute Gasteiger partial charge is 0.280 e. The van der Waals surface area contributed by atoms with Crippen molar-refractivity contribution in [1.82, 2.24) is 29.3 Å². The molecule has 0 spiro atoms. The molecule has 1 fully saturated rings. The second kappa shape index (κ2) is 7.53. The van der Waals surface area contributed by atoms with Crippen LogP contribution in [0.4, 0.5) is 14.5 Å². The zero-order valence-corrected chi connectivity index (χ0v) is 15.4. The quantitative estimate of drug-likeness (QED) is 0.642. The van der Waals surface area contributed by atoms with Crippen LogP contribution in [-0.2, 0) is 24.4 Å². The topological polar surface area (TPSA) is 82.6 Å². The van der Waals surface area contributed by atoms with Crippen LogP contribution >= 0.6 is 0 Å². The van der Waals surface area contributed by atoms with Crippen molar-refractivity contribution in [2.24, 2.45) is 0 Å². The summed E-state index contributed by atoms with van der Waals surface area (Å²) in [5, 5.41) is 15.3. The molecule has 0 aromatic carbocycles. The summed E-state index contributed by atoms with van der Waals surface area (Å²) in [5.74, 6) is -0.178. The molecule has 1 aliphatic rings. The molecular formula is C18H21F2N7O. The van der Waals surface area contributed by atoms with Crippen LogP contribution in [0.15, 0.2) is 30.9 Å². The van der Waals surface area contributed by atoms with E-state index in [-0.39, 0.29) is 18.2 Å². The Morgan fingerprint density at radius 3 is 2.71 bits per heavy atom. The molecule has 3 heterocycles. The minimum absolute atomic E-state index is 0.222. The molecule has 0 radical (unpaired) electrons. The van der Waals surface area contributed by atoms with Crippen LogP contribution < -0.4 is 5.32 Å². The summed E-state index contributed by atoms with van der Waals surface area (Å²) in [7, 11) is 0. The van der Waals surface area contributed by atoms with Crippen molar-refractivity contribution in [3.63, 3.8) is 0 Å². The number of nitrogens with one attached hydrogen (secondary N) is 1. The van der Waals surface area contributed by atoms with Gasteiger partial charge < -0.3 is 5.32 Å². The number of halogens is 2. The summed E-state index contributed by atoms with van der Waals surface area (Å²) in [6, 6.07) is 1.41. The van der Waals surface area contributed by atoms with E-state index in [2.05, 4.69) is 20.6 Å². The normalized spacial score (nSPS) is 14.0. The molecule has 0 aliphatic heterocycles. The fraction of sp³-hybridized carbons (Fsp3) is 0.444. The molecule has 0 saturated heterocycles. The number of anilines is 1. The van der Waals surface area contributed by atoms with Gasteiger partial charge in [-0.25, -0.2) is 8.78 Å². The first-order valence-electron chi connectivity index (χ1n) is 9.21. The molecule has 0 bridgehead atoms. The summed E-state index contributed by atoms with van der Waals surface area (Å²) >= 11 is 0. The van der Waals surface area contributed by atoms with Crippen LogP contribution in [0.5, 0.6) is 0 Å². The Kier molecular flexibility index (Phi) is 4.93. The molecule has 1 N–H and O–H groups in total. The average molecular weight is 389 g/mol. The van der Waals surface area contributed by atoms with Gasteiger partial charge in [-0.3, -0.25) is 18.8 Å². The number of carbonyl (C=O) groups is 1. The molecule has 8 nitrogen and oxygen atoms in total. The summed E-state index contributed by atoms with van der Waals surface area (Å²) in [5.41, 5.74) is 1.92. The van der Waals surface area contributed by atoms with Crippen LogP contribution in [-0.4, -0.2) is 35.2 Å². The highest BCUT2D eigenvalue weighted by molar-refractivity contribution is 5.90. The number of aromatic nitrogens is 6. The Balaban J connectivity index is 1.38. The van der Waals surface area contributed by atoms with Gasteiger partial charge in [0, 0.05) is 30.4 Å². The van der Waals surface area contributed by atoms with Crippen LogP contribution in [0.2, 0.25) is 0 Å². The van der Waals surface area contributed by atoms with Crippen LogP contribution in [0, 0.1) is 0 Å². The molecule has 10 heteroatoms. The summed E-state index contributed by atoms with van der Waals surface area (Å²) in [4.78, 5) is 12.3. The number of aryl methyl sites for hydroxylation is 1. The van der Waals surface area contributed by atoms with E-state index in [0.29, 0.717) is 17.9 Å². The second-order valence-corrected chi connectivity index (χ2v) is 6.91.